The number of ether oxygens (including phenoxy) is 2. The van der Waals surface area contributed by atoms with E-state index >= 15 is 0 Å². The van der Waals surface area contributed by atoms with Gasteiger partial charge in [0.2, 0.25) is 0 Å². The van der Waals surface area contributed by atoms with Crippen molar-refractivity contribution in [2.75, 3.05) is 13.7 Å². The van der Waals surface area contributed by atoms with Crippen molar-refractivity contribution in [3.05, 3.63) is 57.6 Å². The summed E-state index contributed by atoms with van der Waals surface area (Å²) in [6.45, 7) is -0.260. The Hall–Kier alpha value is -2.77. The lowest BCUT2D eigenvalue weighted by molar-refractivity contribution is -0.119. The lowest BCUT2D eigenvalue weighted by Crippen LogP contribution is -2.20. The van der Waals surface area contributed by atoms with Crippen LogP contribution in [-0.2, 0) is 4.79 Å². The number of hydrogen-bond acceptors (Lipinski definition) is 5. The molecule has 0 spiro atoms. The molecule has 3 N–H and O–H groups in total. The molecule has 0 saturated carbocycles. The van der Waals surface area contributed by atoms with Gasteiger partial charge < -0.3 is 15.2 Å². The van der Waals surface area contributed by atoms with Crippen LogP contribution >= 0.6 is 23.2 Å². The SMILES string of the molecule is COc1cc(C=NNC(=O)c2ccc(Cl)c(Cl)c2)ccc1OCC(N)=O. The van der Waals surface area contributed by atoms with Crippen LogP contribution in [0.2, 0.25) is 10.0 Å². The molecule has 0 radical (unpaired) electrons. The first-order valence-electron chi connectivity index (χ1n) is 7.28. The molecule has 0 aliphatic rings. The highest BCUT2D eigenvalue weighted by atomic mass is 35.5. The summed E-state index contributed by atoms with van der Waals surface area (Å²) in [6, 6.07) is 9.41. The van der Waals surface area contributed by atoms with E-state index in [9.17, 15) is 9.59 Å². The van der Waals surface area contributed by atoms with E-state index in [0.29, 0.717) is 27.6 Å². The largest absolute Gasteiger partial charge is 0.493 e. The second-order valence-electron chi connectivity index (χ2n) is 4.99. The summed E-state index contributed by atoms with van der Waals surface area (Å²) in [5.74, 6) is -0.273. The second-order valence-corrected chi connectivity index (χ2v) is 5.81. The molecular formula is C17H15Cl2N3O4. The topological polar surface area (TPSA) is 103 Å². The van der Waals surface area contributed by atoms with Gasteiger partial charge in [0.25, 0.3) is 11.8 Å². The van der Waals surface area contributed by atoms with Gasteiger partial charge in [-0.2, -0.15) is 5.10 Å². The minimum Gasteiger partial charge on any atom is -0.493 e. The van der Waals surface area contributed by atoms with Gasteiger partial charge in [0.15, 0.2) is 18.1 Å². The summed E-state index contributed by atoms with van der Waals surface area (Å²) >= 11 is 11.7. The van der Waals surface area contributed by atoms with Crippen LogP contribution in [0.4, 0.5) is 0 Å². The van der Waals surface area contributed by atoms with E-state index < -0.39 is 11.8 Å². The summed E-state index contributed by atoms with van der Waals surface area (Å²) in [4.78, 5) is 22.8. The molecule has 2 aromatic rings. The standard InChI is InChI=1S/C17H15Cl2N3O4/c1-25-15-6-10(2-5-14(15)26-9-16(20)23)8-21-22-17(24)11-3-4-12(18)13(19)7-11/h2-8H,9H2,1H3,(H2,20,23)(H,22,24). The zero-order valence-electron chi connectivity index (χ0n) is 13.7. The highest BCUT2D eigenvalue weighted by Crippen LogP contribution is 2.27. The monoisotopic (exact) mass is 395 g/mol. The van der Waals surface area contributed by atoms with Gasteiger partial charge in [0.05, 0.1) is 23.4 Å². The molecule has 0 bridgehead atoms. The zero-order chi connectivity index (χ0) is 19.1. The maximum absolute atomic E-state index is 12.0. The van der Waals surface area contributed by atoms with Gasteiger partial charge in [-0.25, -0.2) is 5.43 Å². The number of benzene rings is 2. The molecule has 26 heavy (non-hydrogen) atoms. The Labute approximate surface area is 159 Å². The number of halogens is 2. The first-order valence-corrected chi connectivity index (χ1v) is 8.04. The summed E-state index contributed by atoms with van der Waals surface area (Å²) in [7, 11) is 1.46. The van der Waals surface area contributed by atoms with Crippen molar-refractivity contribution in [1.82, 2.24) is 5.43 Å². The quantitative estimate of drug-likeness (QED) is 0.555. The fraction of sp³-hybridized carbons (Fsp3) is 0.118. The van der Waals surface area contributed by atoms with Crippen LogP contribution in [0.3, 0.4) is 0 Å². The lowest BCUT2D eigenvalue weighted by Gasteiger charge is -2.09. The van der Waals surface area contributed by atoms with Crippen LogP contribution in [0.25, 0.3) is 0 Å². The van der Waals surface area contributed by atoms with Crippen molar-refractivity contribution in [3.8, 4) is 11.5 Å². The number of carbonyl (C=O) groups excluding carboxylic acids is 2. The Balaban J connectivity index is 2.04. The summed E-state index contributed by atoms with van der Waals surface area (Å²) in [5, 5.41) is 4.51. The Kier molecular flexibility index (Phi) is 6.82. The third kappa shape index (κ3) is 5.37. The number of nitrogens with two attached hydrogens (primary N) is 1. The van der Waals surface area contributed by atoms with E-state index in [1.165, 1.54) is 31.5 Å². The van der Waals surface area contributed by atoms with E-state index in [4.69, 9.17) is 38.4 Å². The van der Waals surface area contributed by atoms with Crippen LogP contribution in [0.15, 0.2) is 41.5 Å². The summed E-state index contributed by atoms with van der Waals surface area (Å²) in [5.41, 5.74) is 8.39. The third-order valence-corrected chi connectivity index (χ3v) is 3.86. The molecule has 0 heterocycles. The fourth-order valence-corrected chi connectivity index (χ4v) is 2.20. The van der Waals surface area contributed by atoms with Gasteiger partial charge in [0.1, 0.15) is 0 Å². The maximum Gasteiger partial charge on any atom is 0.271 e. The molecule has 2 aromatic carbocycles. The maximum atomic E-state index is 12.0. The number of carbonyl (C=O) groups is 2. The summed E-state index contributed by atoms with van der Waals surface area (Å²) < 4.78 is 10.4. The highest BCUT2D eigenvalue weighted by molar-refractivity contribution is 6.42. The highest BCUT2D eigenvalue weighted by Gasteiger charge is 2.08. The van der Waals surface area contributed by atoms with Crippen LogP contribution in [0.5, 0.6) is 11.5 Å². The molecule has 7 nitrogen and oxygen atoms in total. The number of nitrogens with one attached hydrogen (secondary N) is 1. The number of hydrazone groups is 1. The molecular weight excluding hydrogens is 381 g/mol. The Morgan fingerprint density at radius 3 is 2.58 bits per heavy atom. The van der Waals surface area contributed by atoms with E-state index in [1.54, 1.807) is 18.2 Å². The fourth-order valence-electron chi connectivity index (χ4n) is 1.90. The van der Waals surface area contributed by atoms with Gasteiger partial charge in [0, 0.05) is 5.56 Å². The van der Waals surface area contributed by atoms with Crippen LogP contribution in [-0.4, -0.2) is 31.7 Å². The van der Waals surface area contributed by atoms with Gasteiger partial charge in [-0.05, 0) is 42.0 Å². The number of hydrogen-bond donors (Lipinski definition) is 2. The van der Waals surface area contributed by atoms with Crippen molar-refractivity contribution in [2.24, 2.45) is 10.8 Å². The Bertz CT molecular complexity index is 856. The van der Waals surface area contributed by atoms with Crippen molar-refractivity contribution >= 4 is 41.2 Å². The number of amides is 2. The average molecular weight is 396 g/mol. The first-order chi connectivity index (χ1) is 12.4. The van der Waals surface area contributed by atoms with Gasteiger partial charge in [-0.1, -0.05) is 23.2 Å². The van der Waals surface area contributed by atoms with Gasteiger partial charge in [-0.15, -0.1) is 0 Å². The van der Waals surface area contributed by atoms with E-state index in [0.717, 1.165) is 0 Å². The normalized spacial score (nSPS) is 10.6. The minimum atomic E-state index is -0.595. The van der Waals surface area contributed by atoms with Crippen molar-refractivity contribution in [3.63, 3.8) is 0 Å². The van der Waals surface area contributed by atoms with Gasteiger partial charge >= 0.3 is 0 Å². The number of primary amides is 1. The average Bonchev–Trinajstić information content (AvgIpc) is 2.62. The lowest BCUT2D eigenvalue weighted by atomic mass is 10.2. The third-order valence-electron chi connectivity index (χ3n) is 3.12. The summed E-state index contributed by atoms with van der Waals surface area (Å²) in [6.07, 6.45) is 1.43. The molecule has 0 aliphatic heterocycles. The van der Waals surface area contributed by atoms with E-state index in [-0.39, 0.29) is 11.6 Å². The zero-order valence-corrected chi connectivity index (χ0v) is 15.2. The molecule has 0 atom stereocenters. The Morgan fingerprint density at radius 1 is 1.15 bits per heavy atom. The predicted molar refractivity (Wildman–Crippen MR) is 99.2 cm³/mol. The predicted octanol–water partition coefficient (Wildman–Crippen LogP) is 2.63. The van der Waals surface area contributed by atoms with Crippen molar-refractivity contribution < 1.29 is 19.1 Å². The van der Waals surface area contributed by atoms with Crippen molar-refractivity contribution in [2.45, 2.75) is 0 Å². The number of rotatable bonds is 7. The number of nitrogens with zero attached hydrogens (tertiary/aromatic N) is 1. The van der Waals surface area contributed by atoms with Crippen LogP contribution in [0.1, 0.15) is 15.9 Å². The molecule has 0 saturated heterocycles. The molecule has 136 valence electrons. The second kappa shape index (κ2) is 9.07. The molecule has 0 fully saturated rings. The molecule has 0 aliphatic carbocycles. The Morgan fingerprint density at radius 2 is 1.92 bits per heavy atom. The van der Waals surface area contributed by atoms with Crippen LogP contribution < -0.4 is 20.6 Å². The molecule has 2 amide bonds. The van der Waals surface area contributed by atoms with Crippen molar-refractivity contribution in [1.29, 1.82) is 0 Å². The molecule has 2 rings (SSSR count). The molecule has 9 heteroatoms. The smallest absolute Gasteiger partial charge is 0.271 e. The molecule has 0 aromatic heterocycles. The number of methoxy groups -OCH3 is 1. The van der Waals surface area contributed by atoms with Gasteiger partial charge in [-0.3, -0.25) is 9.59 Å². The van der Waals surface area contributed by atoms with E-state index in [1.807, 2.05) is 0 Å². The molecule has 0 unspecified atom stereocenters. The van der Waals surface area contributed by atoms with Crippen LogP contribution in [0, 0.1) is 0 Å². The minimum absolute atomic E-state index is 0.260. The van der Waals surface area contributed by atoms with E-state index in [2.05, 4.69) is 10.5 Å². The first kappa shape index (κ1) is 19.6.